The number of anilines is 2. The van der Waals surface area contributed by atoms with Crippen LogP contribution in [0.3, 0.4) is 0 Å². The number of rotatable bonds is 5. The third kappa shape index (κ3) is 5.11. The number of pyridine rings is 1. The minimum atomic E-state index is -0.139. The number of aromatic nitrogens is 2. The van der Waals surface area contributed by atoms with Gasteiger partial charge in [-0.2, -0.15) is 0 Å². The summed E-state index contributed by atoms with van der Waals surface area (Å²) in [6.45, 7) is 10.8. The molecular weight excluding hydrogens is 569 g/mol. The van der Waals surface area contributed by atoms with Gasteiger partial charge in [0.1, 0.15) is 0 Å². The first-order valence-corrected chi connectivity index (χ1v) is 15.4. The first-order chi connectivity index (χ1) is 19.7. The van der Waals surface area contributed by atoms with Crippen LogP contribution in [-0.2, 0) is 0 Å². The molecule has 8 heteroatoms. The zero-order chi connectivity index (χ0) is 28.8. The molecule has 2 aliphatic heterocycles. The second-order valence-corrected chi connectivity index (χ2v) is 12.5. The highest BCUT2D eigenvalue weighted by atomic mass is 35.5. The van der Waals surface area contributed by atoms with Crippen molar-refractivity contribution in [3.63, 3.8) is 0 Å². The number of thiocarbonyl (C=S) groups is 1. The average molecular weight is 605 g/mol. The van der Waals surface area contributed by atoms with Crippen molar-refractivity contribution in [2.24, 2.45) is 5.92 Å². The maximum Gasteiger partial charge on any atom is 0.174 e. The number of nitrogens with zero attached hydrogens (tertiary/aromatic N) is 4. The molecule has 212 valence electrons. The van der Waals surface area contributed by atoms with Gasteiger partial charge < -0.3 is 19.7 Å². The molecular formula is C33H35Cl2N5S. The van der Waals surface area contributed by atoms with Crippen LogP contribution in [-0.4, -0.2) is 27.8 Å². The van der Waals surface area contributed by atoms with E-state index < -0.39 is 0 Å². The van der Waals surface area contributed by atoms with E-state index in [1.807, 2.05) is 30.5 Å². The van der Waals surface area contributed by atoms with Gasteiger partial charge in [-0.1, -0.05) is 42.3 Å². The number of halogens is 2. The van der Waals surface area contributed by atoms with Gasteiger partial charge in [-0.15, -0.1) is 0 Å². The summed E-state index contributed by atoms with van der Waals surface area (Å²) >= 11 is 19.5. The molecule has 2 aliphatic rings. The minimum Gasteiger partial charge on any atom is -0.370 e. The zero-order valence-corrected chi connectivity index (χ0v) is 26.2. The topological polar surface area (TPSA) is 36.3 Å². The van der Waals surface area contributed by atoms with Gasteiger partial charge in [-0.05, 0) is 111 Å². The van der Waals surface area contributed by atoms with Crippen LogP contribution in [0, 0.1) is 26.7 Å². The average Bonchev–Trinajstić information content (AvgIpc) is 3.46. The summed E-state index contributed by atoms with van der Waals surface area (Å²) in [7, 11) is 0. The summed E-state index contributed by atoms with van der Waals surface area (Å²) in [4.78, 5) is 9.35. The standard InChI is InChI=1S/C33H35Cl2N5S/c1-20-13-16-38(17-14-20)30-12-11-24(19-27(30)35)40-32(31(37-33(40)41)28-9-5-6-15-36-28)25-18-21(2)39(23(25)4)29-10-7-8-26(34)22(29)3/h5-12,15,18-20,31-32H,13-14,16-17H2,1-4H3,(H,37,41)/t31-,32-/m0/s1. The fourth-order valence-corrected chi connectivity index (χ4v) is 7.21. The molecule has 41 heavy (non-hydrogen) atoms. The van der Waals surface area contributed by atoms with Crippen molar-refractivity contribution in [3.8, 4) is 5.69 Å². The molecule has 4 aromatic rings. The zero-order valence-electron chi connectivity index (χ0n) is 23.9. The van der Waals surface area contributed by atoms with E-state index in [1.54, 1.807) is 0 Å². The summed E-state index contributed by atoms with van der Waals surface area (Å²) in [6.07, 6.45) is 4.21. The summed E-state index contributed by atoms with van der Waals surface area (Å²) in [5.41, 5.74) is 8.58. The predicted octanol–water partition coefficient (Wildman–Crippen LogP) is 8.52. The molecule has 0 aliphatic carbocycles. The fourth-order valence-electron chi connectivity index (χ4n) is 6.40. The Balaban J connectivity index is 1.45. The van der Waals surface area contributed by atoms with Crippen LogP contribution in [0.5, 0.6) is 0 Å². The first-order valence-electron chi connectivity index (χ1n) is 14.2. The third-order valence-electron chi connectivity index (χ3n) is 8.70. The van der Waals surface area contributed by atoms with E-state index in [1.165, 1.54) is 18.4 Å². The molecule has 0 saturated carbocycles. The van der Waals surface area contributed by atoms with E-state index in [9.17, 15) is 0 Å². The van der Waals surface area contributed by atoms with Gasteiger partial charge in [0, 0.05) is 47.1 Å². The molecule has 2 aromatic heterocycles. The minimum absolute atomic E-state index is 0.130. The van der Waals surface area contributed by atoms with Gasteiger partial charge in [0.2, 0.25) is 0 Å². The Morgan fingerprint density at radius 3 is 2.39 bits per heavy atom. The van der Waals surface area contributed by atoms with E-state index in [2.05, 4.69) is 83.8 Å². The van der Waals surface area contributed by atoms with Crippen molar-refractivity contribution in [2.75, 3.05) is 22.9 Å². The summed E-state index contributed by atoms with van der Waals surface area (Å²) in [5, 5.41) is 5.76. The van der Waals surface area contributed by atoms with Gasteiger partial charge in [-0.3, -0.25) is 4.98 Å². The van der Waals surface area contributed by atoms with E-state index in [0.717, 1.165) is 68.8 Å². The van der Waals surface area contributed by atoms with Crippen LogP contribution in [0.25, 0.3) is 5.69 Å². The maximum atomic E-state index is 6.98. The highest BCUT2D eigenvalue weighted by Gasteiger charge is 2.42. The van der Waals surface area contributed by atoms with Crippen LogP contribution < -0.4 is 15.1 Å². The normalized spacial score (nSPS) is 19.6. The largest absolute Gasteiger partial charge is 0.370 e. The summed E-state index contributed by atoms with van der Waals surface area (Å²) in [6, 6.07) is 20.5. The number of aryl methyl sites for hydroxylation is 1. The third-order valence-corrected chi connectivity index (χ3v) is 9.73. The molecule has 2 saturated heterocycles. The second-order valence-electron chi connectivity index (χ2n) is 11.3. The van der Waals surface area contributed by atoms with Crippen LogP contribution in [0.4, 0.5) is 11.4 Å². The van der Waals surface area contributed by atoms with Crippen LogP contribution in [0.15, 0.2) is 66.9 Å². The van der Waals surface area contributed by atoms with Crippen molar-refractivity contribution in [1.82, 2.24) is 14.9 Å². The Labute approximate surface area is 258 Å². The maximum absolute atomic E-state index is 6.98. The molecule has 0 radical (unpaired) electrons. The lowest BCUT2D eigenvalue weighted by Gasteiger charge is -2.33. The number of benzene rings is 2. The quantitative estimate of drug-likeness (QED) is 0.231. The summed E-state index contributed by atoms with van der Waals surface area (Å²) < 4.78 is 2.29. The van der Waals surface area contributed by atoms with Gasteiger partial charge in [0.05, 0.1) is 28.5 Å². The first kappa shape index (κ1) is 28.1. The van der Waals surface area contributed by atoms with Crippen molar-refractivity contribution in [3.05, 3.63) is 105 Å². The van der Waals surface area contributed by atoms with Crippen molar-refractivity contribution in [1.29, 1.82) is 0 Å². The van der Waals surface area contributed by atoms with E-state index >= 15 is 0 Å². The molecule has 2 atom stereocenters. The SMILES string of the molecule is Cc1c(Cl)cccc1-n1c(C)cc([C@H]2[C@H](c3ccccn3)NC(=S)N2c2ccc(N3CCC(C)CC3)c(Cl)c2)c1C. The van der Waals surface area contributed by atoms with Gasteiger partial charge in [0.15, 0.2) is 5.11 Å². The molecule has 0 bridgehead atoms. The molecule has 2 aromatic carbocycles. The Morgan fingerprint density at radius 2 is 1.68 bits per heavy atom. The monoisotopic (exact) mass is 603 g/mol. The van der Waals surface area contributed by atoms with E-state index in [-0.39, 0.29) is 12.1 Å². The highest BCUT2D eigenvalue weighted by molar-refractivity contribution is 7.80. The van der Waals surface area contributed by atoms with Gasteiger partial charge >= 0.3 is 0 Å². The van der Waals surface area contributed by atoms with Gasteiger partial charge in [0.25, 0.3) is 0 Å². The Bertz CT molecular complexity index is 1590. The Kier molecular flexibility index (Phi) is 7.75. The van der Waals surface area contributed by atoms with Crippen LogP contribution in [0.2, 0.25) is 10.0 Å². The second kappa shape index (κ2) is 11.3. The van der Waals surface area contributed by atoms with Crippen LogP contribution >= 0.6 is 35.4 Å². The molecule has 6 rings (SSSR count). The summed E-state index contributed by atoms with van der Waals surface area (Å²) in [5.74, 6) is 0.760. The molecule has 0 amide bonds. The fraction of sp³-hybridized carbons (Fsp3) is 0.333. The number of nitrogens with one attached hydrogen (secondary N) is 1. The molecule has 0 spiro atoms. The molecule has 1 N–H and O–H groups in total. The van der Waals surface area contributed by atoms with Crippen LogP contribution in [0.1, 0.15) is 60.1 Å². The van der Waals surface area contributed by atoms with Crippen molar-refractivity contribution < 1.29 is 0 Å². The predicted molar refractivity (Wildman–Crippen MR) is 175 cm³/mol. The lowest BCUT2D eigenvalue weighted by Crippen LogP contribution is -2.33. The van der Waals surface area contributed by atoms with E-state index in [4.69, 9.17) is 40.4 Å². The Morgan fingerprint density at radius 1 is 0.902 bits per heavy atom. The van der Waals surface area contributed by atoms with Crippen molar-refractivity contribution in [2.45, 2.75) is 52.6 Å². The van der Waals surface area contributed by atoms with E-state index in [0.29, 0.717) is 5.11 Å². The number of hydrogen-bond donors (Lipinski definition) is 1. The molecule has 4 heterocycles. The Hall–Kier alpha value is -3.06. The highest BCUT2D eigenvalue weighted by Crippen LogP contribution is 2.45. The lowest BCUT2D eigenvalue weighted by atomic mass is 9.96. The van der Waals surface area contributed by atoms with Crippen molar-refractivity contribution >= 4 is 51.9 Å². The van der Waals surface area contributed by atoms with Gasteiger partial charge in [-0.25, -0.2) is 0 Å². The molecule has 2 fully saturated rings. The molecule has 0 unspecified atom stereocenters. The number of hydrogen-bond acceptors (Lipinski definition) is 3. The smallest absolute Gasteiger partial charge is 0.174 e. The number of piperidine rings is 1. The lowest BCUT2D eigenvalue weighted by molar-refractivity contribution is 0.438. The molecule has 5 nitrogen and oxygen atoms in total.